The molecule has 2 rings (SSSR count). The number of para-hydroxylation sites is 1. The van der Waals surface area contributed by atoms with E-state index in [4.69, 9.17) is 27.6 Å². The minimum absolute atomic E-state index is 0.0979. The van der Waals surface area contributed by atoms with Gasteiger partial charge in [0.25, 0.3) is 5.89 Å². The van der Waals surface area contributed by atoms with Crippen LogP contribution in [0.1, 0.15) is 16.2 Å². The highest BCUT2D eigenvalue weighted by Crippen LogP contribution is 2.21. The normalized spacial score (nSPS) is 10.7. The second-order valence-corrected chi connectivity index (χ2v) is 3.30. The summed E-state index contributed by atoms with van der Waals surface area (Å²) in [5.41, 5.74) is 1.90. The van der Waals surface area contributed by atoms with Gasteiger partial charge in [-0.1, -0.05) is 12.1 Å². The van der Waals surface area contributed by atoms with Crippen LogP contribution in [0.25, 0.3) is 11.1 Å². The Bertz CT molecular complexity index is 493. The molecule has 0 unspecified atom stereocenters. The smallest absolute Gasteiger partial charge is 0.307 e. The van der Waals surface area contributed by atoms with Crippen LogP contribution in [-0.2, 0) is 5.88 Å². The Morgan fingerprint density at radius 1 is 1.50 bits per heavy atom. The predicted molar refractivity (Wildman–Crippen MR) is 53.7 cm³/mol. The van der Waals surface area contributed by atoms with E-state index in [1.165, 1.54) is 0 Å². The van der Waals surface area contributed by atoms with Crippen LogP contribution < -0.4 is 0 Å². The molecule has 0 atom stereocenters. The fourth-order valence-corrected chi connectivity index (χ4v) is 1.49. The second kappa shape index (κ2) is 3.59. The van der Waals surface area contributed by atoms with E-state index in [0.29, 0.717) is 17.0 Å². The Hall–Kier alpha value is -1.06. The predicted octanol–water partition coefficient (Wildman–Crippen LogP) is 2.95. The Morgan fingerprint density at radius 3 is 2.93 bits per heavy atom. The molecule has 0 fully saturated rings. The molecular formula is C9H5Cl2NO2. The summed E-state index contributed by atoms with van der Waals surface area (Å²) in [4.78, 5) is 14.7. The van der Waals surface area contributed by atoms with Crippen molar-refractivity contribution in [2.24, 2.45) is 0 Å². The Kier molecular flexibility index (Phi) is 2.44. The maximum atomic E-state index is 10.8. The Morgan fingerprint density at radius 2 is 2.29 bits per heavy atom. The lowest BCUT2D eigenvalue weighted by molar-refractivity contribution is 0.105. The summed E-state index contributed by atoms with van der Waals surface area (Å²) in [6, 6.07) is 5.34. The third-order valence-corrected chi connectivity index (χ3v) is 2.26. The zero-order valence-electron chi connectivity index (χ0n) is 6.96. The Balaban J connectivity index is 2.70. The number of nitrogens with zero attached hydrogens (tertiary/aromatic N) is 1. The summed E-state index contributed by atoms with van der Waals surface area (Å²) in [6.07, 6.45) is 0. The number of oxazole rings is 1. The Labute approximate surface area is 89.6 Å². The summed E-state index contributed by atoms with van der Waals surface area (Å²) in [7, 11) is 0. The molecule has 1 aromatic heterocycles. The molecule has 1 heterocycles. The summed E-state index contributed by atoms with van der Waals surface area (Å²) in [6.45, 7) is 0. The second-order valence-electron chi connectivity index (χ2n) is 2.69. The maximum Gasteiger partial charge on any atom is 0.307 e. The molecule has 0 saturated carbocycles. The van der Waals surface area contributed by atoms with Crippen LogP contribution >= 0.6 is 23.2 Å². The van der Waals surface area contributed by atoms with Gasteiger partial charge in [0, 0.05) is 5.56 Å². The number of hydrogen-bond donors (Lipinski definition) is 0. The number of carbonyl (C=O) groups excluding carboxylic acids is 1. The van der Waals surface area contributed by atoms with E-state index in [0.717, 1.165) is 5.56 Å². The first-order valence-corrected chi connectivity index (χ1v) is 4.78. The average molecular weight is 230 g/mol. The fourth-order valence-electron chi connectivity index (χ4n) is 1.20. The number of carbonyl (C=O) groups is 1. The average Bonchev–Trinajstić information content (AvgIpc) is 2.60. The van der Waals surface area contributed by atoms with Crippen molar-refractivity contribution in [2.75, 3.05) is 0 Å². The lowest BCUT2D eigenvalue weighted by Crippen LogP contribution is -1.85. The van der Waals surface area contributed by atoms with Gasteiger partial charge in [-0.3, -0.25) is 4.79 Å². The van der Waals surface area contributed by atoms with Gasteiger partial charge in [-0.05, 0) is 17.7 Å². The molecule has 0 spiro atoms. The monoisotopic (exact) mass is 229 g/mol. The van der Waals surface area contributed by atoms with E-state index in [9.17, 15) is 4.79 Å². The third kappa shape index (κ3) is 1.49. The number of fused-ring (bicyclic) bond motifs is 1. The SMILES string of the molecule is O=C(Cl)c1nc2cccc(CCl)c2o1. The van der Waals surface area contributed by atoms with E-state index in [1.54, 1.807) is 12.1 Å². The highest BCUT2D eigenvalue weighted by atomic mass is 35.5. The molecule has 72 valence electrons. The molecule has 0 saturated heterocycles. The van der Waals surface area contributed by atoms with Crippen molar-refractivity contribution in [3.05, 3.63) is 29.7 Å². The van der Waals surface area contributed by atoms with Crippen LogP contribution in [0.15, 0.2) is 22.6 Å². The van der Waals surface area contributed by atoms with Gasteiger partial charge < -0.3 is 4.42 Å². The van der Waals surface area contributed by atoms with Gasteiger partial charge in [0.15, 0.2) is 5.58 Å². The molecule has 0 radical (unpaired) electrons. The molecule has 0 N–H and O–H groups in total. The molecular weight excluding hydrogens is 225 g/mol. The number of halogens is 2. The number of alkyl halides is 1. The highest BCUT2D eigenvalue weighted by Gasteiger charge is 2.13. The standard InChI is InChI=1S/C9H5Cl2NO2/c10-4-5-2-1-3-6-7(5)14-9(12-6)8(11)13/h1-3H,4H2. The van der Waals surface area contributed by atoms with E-state index in [1.807, 2.05) is 6.07 Å². The fraction of sp³-hybridized carbons (Fsp3) is 0.111. The van der Waals surface area contributed by atoms with Gasteiger partial charge in [0.05, 0.1) is 5.88 Å². The summed E-state index contributed by atoms with van der Waals surface area (Å²) >= 11 is 10.9. The molecule has 0 amide bonds. The van der Waals surface area contributed by atoms with Crippen LogP contribution in [0.2, 0.25) is 0 Å². The minimum atomic E-state index is -0.707. The molecule has 14 heavy (non-hydrogen) atoms. The van der Waals surface area contributed by atoms with Crippen LogP contribution in [0.4, 0.5) is 0 Å². The van der Waals surface area contributed by atoms with E-state index in [2.05, 4.69) is 4.98 Å². The van der Waals surface area contributed by atoms with E-state index >= 15 is 0 Å². The minimum Gasteiger partial charge on any atom is -0.432 e. The van der Waals surface area contributed by atoms with Crippen LogP contribution in [0.5, 0.6) is 0 Å². The molecule has 2 aromatic rings. The van der Waals surface area contributed by atoms with Crippen molar-refractivity contribution in [3.8, 4) is 0 Å². The molecule has 5 heteroatoms. The van der Waals surface area contributed by atoms with Crippen molar-refractivity contribution in [3.63, 3.8) is 0 Å². The van der Waals surface area contributed by atoms with Gasteiger partial charge in [-0.15, -0.1) is 11.6 Å². The van der Waals surface area contributed by atoms with Crippen LogP contribution in [0, 0.1) is 0 Å². The third-order valence-electron chi connectivity index (χ3n) is 1.81. The van der Waals surface area contributed by atoms with Gasteiger partial charge >= 0.3 is 5.24 Å². The van der Waals surface area contributed by atoms with E-state index < -0.39 is 5.24 Å². The first-order valence-electron chi connectivity index (χ1n) is 3.86. The number of hydrogen-bond acceptors (Lipinski definition) is 3. The lowest BCUT2D eigenvalue weighted by atomic mass is 10.2. The molecule has 3 nitrogen and oxygen atoms in total. The summed E-state index contributed by atoms with van der Waals surface area (Å²) < 4.78 is 5.17. The molecule has 0 aliphatic carbocycles. The van der Waals surface area contributed by atoms with Crippen LogP contribution in [0.3, 0.4) is 0 Å². The van der Waals surface area contributed by atoms with Crippen molar-refractivity contribution in [1.82, 2.24) is 4.98 Å². The van der Waals surface area contributed by atoms with E-state index in [-0.39, 0.29) is 5.89 Å². The largest absolute Gasteiger partial charge is 0.432 e. The highest BCUT2D eigenvalue weighted by molar-refractivity contribution is 6.67. The lowest BCUT2D eigenvalue weighted by Gasteiger charge is -1.93. The first kappa shape index (κ1) is 9.49. The van der Waals surface area contributed by atoms with Crippen LogP contribution in [-0.4, -0.2) is 10.2 Å². The number of rotatable bonds is 2. The zero-order valence-corrected chi connectivity index (χ0v) is 8.47. The number of benzene rings is 1. The van der Waals surface area contributed by atoms with Gasteiger partial charge in [-0.2, -0.15) is 0 Å². The summed E-state index contributed by atoms with van der Waals surface area (Å²) in [5, 5.41) is -0.707. The van der Waals surface area contributed by atoms with Crippen molar-refractivity contribution in [1.29, 1.82) is 0 Å². The van der Waals surface area contributed by atoms with Gasteiger partial charge in [-0.25, -0.2) is 4.98 Å². The maximum absolute atomic E-state index is 10.8. The molecule has 0 aliphatic heterocycles. The molecule has 1 aromatic carbocycles. The quantitative estimate of drug-likeness (QED) is 0.588. The van der Waals surface area contributed by atoms with Crippen molar-refractivity contribution < 1.29 is 9.21 Å². The summed E-state index contributed by atoms with van der Waals surface area (Å²) in [5.74, 6) is 0.210. The van der Waals surface area contributed by atoms with Crippen molar-refractivity contribution in [2.45, 2.75) is 5.88 Å². The van der Waals surface area contributed by atoms with Gasteiger partial charge in [0.2, 0.25) is 0 Å². The number of aromatic nitrogens is 1. The topological polar surface area (TPSA) is 43.1 Å². The van der Waals surface area contributed by atoms with Gasteiger partial charge in [0.1, 0.15) is 5.52 Å². The molecule has 0 aliphatic rings. The first-order chi connectivity index (χ1) is 6.72. The molecule has 0 bridgehead atoms. The zero-order chi connectivity index (χ0) is 10.1. The van der Waals surface area contributed by atoms with Crippen molar-refractivity contribution >= 4 is 39.5 Å².